The van der Waals surface area contributed by atoms with Crippen molar-refractivity contribution in [3.05, 3.63) is 95.1 Å². The maximum Gasteiger partial charge on any atom is 0.311 e. The molecule has 2 bridgehead atoms. The van der Waals surface area contributed by atoms with Crippen LogP contribution < -0.4 is 9.64 Å². The second kappa shape index (κ2) is 10.8. The summed E-state index contributed by atoms with van der Waals surface area (Å²) in [4.78, 5) is 41.4. The quantitative estimate of drug-likeness (QED) is 0.123. The first kappa shape index (κ1) is 25.5. The van der Waals surface area contributed by atoms with Crippen LogP contribution in [-0.4, -0.2) is 17.8 Å². The van der Waals surface area contributed by atoms with Crippen LogP contribution in [0.1, 0.15) is 92.4 Å². The predicted octanol–water partition coefficient (Wildman–Crippen LogP) is 7.13. The van der Waals surface area contributed by atoms with E-state index in [2.05, 4.69) is 31.2 Å². The molecule has 200 valence electrons. The molecule has 0 N–H and O–H groups in total. The summed E-state index contributed by atoms with van der Waals surface area (Å²) >= 11 is 0. The summed E-state index contributed by atoms with van der Waals surface area (Å²) in [5.41, 5.74) is 5.17. The van der Waals surface area contributed by atoms with Crippen molar-refractivity contribution in [2.45, 2.75) is 70.1 Å². The number of unbranched alkanes of at least 4 members (excludes halogenated alkanes) is 6. The molecule has 1 heterocycles. The average molecular weight is 522 g/mol. The number of anilines is 1. The molecule has 4 aliphatic rings. The molecule has 1 saturated heterocycles. The average Bonchev–Trinajstić information content (AvgIpc) is 3.23. The molecule has 3 aromatic carbocycles. The molecule has 7 rings (SSSR count). The van der Waals surface area contributed by atoms with Crippen molar-refractivity contribution in [1.82, 2.24) is 0 Å². The zero-order valence-electron chi connectivity index (χ0n) is 22.5. The van der Waals surface area contributed by atoms with E-state index in [9.17, 15) is 14.4 Å². The Hall–Kier alpha value is -3.73. The van der Waals surface area contributed by atoms with Gasteiger partial charge in [0.05, 0.1) is 17.5 Å². The fourth-order valence-electron chi connectivity index (χ4n) is 7.00. The lowest BCUT2D eigenvalue weighted by Crippen LogP contribution is -2.41. The second-order valence-corrected chi connectivity index (χ2v) is 11.1. The number of hydrogen-bond donors (Lipinski definition) is 0. The molecule has 0 unspecified atom stereocenters. The largest absolute Gasteiger partial charge is 0.427 e. The van der Waals surface area contributed by atoms with Gasteiger partial charge in [-0.3, -0.25) is 14.4 Å². The minimum atomic E-state index is -0.410. The lowest BCUT2D eigenvalue weighted by atomic mass is 9.55. The van der Waals surface area contributed by atoms with Crippen LogP contribution in [0.2, 0.25) is 0 Å². The van der Waals surface area contributed by atoms with Crippen molar-refractivity contribution < 1.29 is 19.1 Å². The van der Waals surface area contributed by atoms with Gasteiger partial charge in [-0.25, -0.2) is 4.90 Å². The van der Waals surface area contributed by atoms with E-state index in [-0.39, 0.29) is 29.6 Å². The summed E-state index contributed by atoms with van der Waals surface area (Å²) < 4.78 is 5.53. The van der Waals surface area contributed by atoms with Gasteiger partial charge in [0.15, 0.2) is 0 Å². The number of carbonyl (C=O) groups excluding carboxylic acids is 3. The number of esters is 1. The topological polar surface area (TPSA) is 63.7 Å². The van der Waals surface area contributed by atoms with Gasteiger partial charge in [-0.1, -0.05) is 94.0 Å². The van der Waals surface area contributed by atoms with E-state index in [0.29, 0.717) is 17.9 Å². The molecule has 0 aromatic heterocycles. The Bertz CT molecular complexity index is 1280. The van der Waals surface area contributed by atoms with Gasteiger partial charge in [-0.15, -0.1) is 0 Å². The third-order valence-corrected chi connectivity index (χ3v) is 8.76. The van der Waals surface area contributed by atoms with Crippen LogP contribution in [0.15, 0.2) is 72.8 Å². The van der Waals surface area contributed by atoms with E-state index >= 15 is 0 Å². The molecule has 2 atom stereocenters. The van der Waals surface area contributed by atoms with Crippen molar-refractivity contribution in [1.29, 1.82) is 0 Å². The first-order valence-electron chi connectivity index (χ1n) is 14.5. The zero-order valence-corrected chi connectivity index (χ0v) is 22.5. The van der Waals surface area contributed by atoms with E-state index in [1.165, 1.54) is 30.6 Å². The molecule has 0 spiro atoms. The SMILES string of the molecule is CCCCCCCCCC(=O)Oc1ccc(N2C(=O)[C@@H]3C4c5ccccc5C(c5ccccc54)[C@@H]3C2=O)cc1. The van der Waals surface area contributed by atoms with Crippen molar-refractivity contribution in [2.24, 2.45) is 11.8 Å². The number of amides is 2. The van der Waals surface area contributed by atoms with Gasteiger partial charge in [-0.2, -0.15) is 0 Å². The lowest BCUT2D eigenvalue weighted by Gasteiger charge is -2.45. The smallest absolute Gasteiger partial charge is 0.311 e. The molecule has 3 aromatic rings. The summed E-state index contributed by atoms with van der Waals surface area (Å²) in [6.45, 7) is 2.21. The fraction of sp³-hybridized carbons (Fsp3) is 0.382. The zero-order chi connectivity index (χ0) is 26.9. The van der Waals surface area contributed by atoms with Crippen LogP contribution in [0.4, 0.5) is 5.69 Å². The van der Waals surface area contributed by atoms with Crippen LogP contribution in [0, 0.1) is 11.8 Å². The minimum Gasteiger partial charge on any atom is -0.427 e. The summed E-state index contributed by atoms with van der Waals surface area (Å²) in [5.74, 6) is -1.17. The molecule has 0 saturated carbocycles. The summed E-state index contributed by atoms with van der Waals surface area (Å²) in [5, 5.41) is 0. The summed E-state index contributed by atoms with van der Waals surface area (Å²) in [6, 6.07) is 23.3. The Kier molecular flexibility index (Phi) is 7.07. The predicted molar refractivity (Wildman–Crippen MR) is 151 cm³/mol. The Morgan fingerprint density at radius 3 is 1.62 bits per heavy atom. The van der Waals surface area contributed by atoms with Gasteiger partial charge in [-0.05, 0) is 52.9 Å². The highest BCUT2D eigenvalue weighted by atomic mass is 16.5. The maximum atomic E-state index is 13.9. The van der Waals surface area contributed by atoms with Crippen molar-refractivity contribution in [3.8, 4) is 5.75 Å². The molecule has 1 fully saturated rings. The van der Waals surface area contributed by atoms with E-state index < -0.39 is 11.8 Å². The number of hydrogen-bond acceptors (Lipinski definition) is 4. The van der Waals surface area contributed by atoms with Crippen LogP contribution in [0.3, 0.4) is 0 Å². The minimum absolute atomic E-state index is 0.124. The highest BCUT2D eigenvalue weighted by molar-refractivity contribution is 6.23. The molecule has 5 nitrogen and oxygen atoms in total. The lowest BCUT2D eigenvalue weighted by molar-refractivity contribution is -0.134. The highest BCUT2D eigenvalue weighted by Gasteiger charge is 2.61. The Morgan fingerprint density at radius 1 is 0.667 bits per heavy atom. The highest BCUT2D eigenvalue weighted by Crippen LogP contribution is 2.61. The first-order chi connectivity index (χ1) is 19.1. The van der Waals surface area contributed by atoms with Gasteiger partial charge in [0.2, 0.25) is 11.8 Å². The number of carbonyl (C=O) groups is 3. The molecular weight excluding hydrogens is 486 g/mol. The Labute approximate surface area is 230 Å². The van der Waals surface area contributed by atoms with E-state index in [0.717, 1.165) is 41.5 Å². The normalized spacial score (nSPS) is 22.4. The van der Waals surface area contributed by atoms with Crippen LogP contribution in [0.5, 0.6) is 5.75 Å². The number of imide groups is 1. The van der Waals surface area contributed by atoms with Gasteiger partial charge in [0.1, 0.15) is 5.75 Å². The third kappa shape index (κ3) is 4.48. The standard InChI is InChI=1S/C34H35NO4/c1-2-3-4-5-6-7-8-17-28(36)39-23-20-18-22(19-21-23)35-33(37)31-29-24-13-9-10-14-25(24)30(32(31)34(35)38)27-16-12-11-15-26(27)29/h9-16,18-21,29-32H,2-8,17H2,1H3/t29?,30?,31-,32+. The summed E-state index contributed by atoms with van der Waals surface area (Å²) in [6.07, 6.45) is 8.40. The number of rotatable bonds is 10. The number of nitrogens with zero attached hydrogens (tertiary/aromatic N) is 1. The molecular formula is C34H35NO4. The van der Waals surface area contributed by atoms with Gasteiger partial charge < -0.3 is 4.74 Å². The van der Waals surface area contributed by atoms with Gasteiger partial charge in [0, 0.05) is 18.3 Å². The second-order valence-electron chi connectivity index (χ2n) is 11.1. The summed E-state index contributed by atoms with van der Waals surface area (Å²) in [7, 11) is 0. The van der Waals surface area contributed by atoms with Crippen LogP contribution >= 0.6 is 0 Å². The molecule has 0 radical (unpaired) electrons. The molecule has 2 amide bonds. The van der Waals surface area contributed by atoms with Crippen LogP contribution in [-0.2, 0) is 14.4 Å². The first-order valence-corrected chi connectivity index (χ1v) is 14.5. The van der Waals surface area contributed by atoms with E-state index in [1.54, 1.807) is 24.3 Å². The van der Waals surface area contributed by atoms with E-state index in [1.807, 2.05) is 24.3 Å². The molecule has 1 aliphatic heterocycles. The van der Waals surface area contributed by atoms with Crippen molar-refractivity contribution >= 4 is 23.5 Å². The molecule has 5 heteroatoms. The fourth-order valence-corrected chi connectivity index (χ4v) is 7.00. The van der Waals surface area contributed by atoms with Crippen LogP contribution in [0.25, 0.3) is 0 Å². The van der Waals surface area contributed by atoms with E-state index in [4.69, 9.17) is 4.74 Å². The number of ether oxygens (including phenoxy) is 1. The number of benzene rings is 3. The Balaban J connectivity index is 1.15. The molecule has 39 heavy (non-hydrogen) atoms. The monoisotopic (exact) mass is 521 g/mol. The Morgan fingerprint density at radius 2 is 1.13 bits per heavy atom. The van der Waals surface area contributed by atoms with Crippen molar-refractivity contribution in [3.63, 3.8) is 0 Å². The van der Waals surface area contributed by atoms with Gasteiger partial charge in [0.25, 0.3) is 0 Å². The molecule has 3 aliphatic carbocycles. The van der Waals surface area contributed by atoms with Crippen molar-refractivity contribution in [2.75, 3.05) is 4.90 Å². The van der Waals surface area contributed by atoms with Gasteiger partial charge >= 0.3 is 5.97 Å². The third-order valence-electron chi connectivity index (χ3n) is 8.76. The maximum absolute atomic E-state index is 13.9.